The minimum Gasteiger partial charge on any atom is -0.493 e. The van der Waals surface area contributed by atoms with Gasteiger partial charge in [-0.2, -0.15) is 0 Å². The molecule has 36 heavy (non-hydrogen) atoms. The Balaban J connectivity index is 1.55. The topological polar surface area (TPSA) is 84.1 Å². The van der Waals surface area contributed by atoms with Crippen LogP contribution in [0.15, 0.2) is 42.5 Å². The number of rotatable bonds is 8. The van der Waals surface area contributed by atoms with E-state index in [0.29, 0.717) is 37.5 Å². The fraction of sp³-hybridized carbons (Fsp3) is 0.429. The number of carbonyl (C=O) groups is 2. The maximum atomic E-state index is 13.7. The van der Waals surface area contributed by atoms with Gasteiger partial charge in [-0.3, -0.25) is 9.59 Å². The number of H-pyrrole nitrogens is 1. The van der Waals surface area contributed by atoms with Crippen molar-refractivity contribution in [3.63, 3.8) is 0 Å². The maximum absolute atomic E-state index is 13.7. The molecule has 0 spiro atoms. The molecule has 190 valence electrons. The van der Waals surface area contributed by atoms with E-state index in [2.05, 4.69) is 11.1 Å². The molecule has 3 aromatic rings. The van der Waals surface area contributed by atoms with E-state index in [9.17, 15) is 9.59 Å². The van der Waals surface area contributed by atoms with Crippen LogP contribution in [0.5, 0.6) is 11.5 Å². The Labute approximate surface area is 211 Å². The van der Waals surface area contributed by atoms with Crippen LogP contribution in [0, 0.1) is 0 Å². The van der Waals surface area contributed by atoms with E-state index >= 15 is 0 Å². The number of benzene rings is 2. The minimum absolute atomic E-state index is 0.0134. The number of methoxy groups -OCH3 is 2. The number of aromatic nitrogens is 1. The molecule has 8 nitrogen and oxygen atoms in total. The number of ether oxygens (including phenoxy) is 3. The molecule has 0 radical (unpaired) electrons. The highest BCUT2D eigenvalue weighted by Gasteiger charge is 2.48. The third-order valence-corrected chi connectivity index (χ3v) is 7.09. The second-order valence-electron chi connectivity index (χ2n) is 9.63. The van der Waals surface area contributed by atoms with Crippen molar-refractivity contribution in [2.24, 2.45) is 0 Å². The van der Waals surface area contributed by atoms with Gasteiger partial charge in [-0.1, -0.05) is 24.3 Å². The van der Waals surface area contributed by atoms with Crippen molar-refractivity contribution in [2.75, 3.05) is 33.9 Å². The van der Waals surface area contributed by atoms with Crippen molar-refractivity contribution in [2.45, 2.75) is 44.9 Å². The van der Waals surface area contributed by atoms with Crippen molar-refractivity contribution >= 4 is 22.7 Å². The fourth-order valence-corrected chi connectivity index (χ4v) is 5.46. The van der Waals surface area contributed by atoms with Crippen LogP contribution in [0.4, 0.5) is 0 Å². The smallest absolute Gasteiger partial charge is 0.246 e. The van der Waals surface area contributed by atoms with Gasteiger partial charge in [0.05, 0.1) is 32.9 Å². The zero-order chi connectivity index (χ0) is 25.4. The van der Waals surface area contributed by atoms with Crippen LogP contribution in [0.2, 0.25) is 0 Å². The average Bonchev–Trinajstić information content (AvgIpc) is 3.26. The Morgan fingerprint density at radius 3 is 2.58 bits per heavy atom. The first-order valence-electron chi connectivity index (χ1n) is 12.5. The van der Waals surface area contributed by atoms with E-state index in [0.717, 1.165) is 27.7 Å². The largest absolute Gasteiger partial charge is 0.493 e. The first kappa shape index (κ1) is 24.2. The highest BCUT2D eigenvalue weighted by atomic mass is 16.5. The summed E-state index contributed by atoms with van der Waals surface area (Å²) in [6.45, 7) is 5.11. The van der Waals surface area contributed by atoms with Crippen LogP contribution < -0.4 is 9.47 Å². The molecular formula is C28H33N3O5. The Morgan fingerprint density at radius 1 is 1.06 bits per heavy atom. The van der Waals surface area contributed by atoms with Crippen LogP contribution in [0.3, 0.4) is 0 Å². The standard InChI is InChI=1S/C28H33N3O5/c1-17(2)36-13-7-12-30-16-25(32)31-22(28(30)33)15-20-19-8-5-6-9-21(19)29-26(20)27(31)18-10-11-23(34-3)24(14-18)35-4/h5-6,8-11,14,17,22,27,29H,7,12-13,15-16H2,1-4H3/t22-,27+/m0/s1. The predicted molar refractivity (Wildman–Crippen MR) is 136 cm³/mol. The number of hydrogen-bond donors (Lipinski definition) is 1. The third-order valence-electron chi connectivity index (χ3n) is 7.09. The summed E-state index contributed by atoms with van der Waals surface area (Å²) in [6, 6.07) is 12.8. The molecule has 1 saturated heterocycles. The number of hydrogen-bond acceptors (Lipinski definition) is 5. The molecule has 0 aliphatic carbocycles. The van der Waals surface area contributed by atoms with Crippen molar-refractivity contribution < 1.29 is 23.8 Å². The minimum atomic E-state index is -0.568. The highest BCUT2D eigenvalue weighted by molar-refractivity contribution is 5.97. The number of fused-ring (bicyclic) bond motifs is 4. The molecule has 2 amide bonds. The van der Waals surface area contributed by atoms with E-state index in [-0.39, 0.29) is 24.5 Å². The molecule has 1 aromatic heterocycles. The lowest BCUT2D eigenvalue weighted by atomic mass is 9.86. The lowest BCUT2D eigenvalue weighted by molar-refractivity contribution is -0.158. The first-order valence-corrected chi connectivity index (χ1v) is 12.5. The number of aromatic amines is 1. The van der Waals surface area contributed by atoms with Crippen molar-refractivity contribution in [3.8, 4) is 11.5 Å². The molecule has 2 aromatic carbocycles. The maximum Gasteiger partial charge on any atom is 0.246 e. The molecule has 0 bridgehead atoms. The summed E-state index contributed by atoms with van der Waals surface area (Å²) in [5.41, 5.74) is 3.89. The Hall–Kier alpha value is -3.52. The molecule has 2 aliphatic rings. The van der Waals surface area contributed by atoms with Gasteiger partial charge in [0, 0.05) is 36.2 Å². The molecule has 0 saturated carbocycles. The second kappa shape index (κ2) is 9.85. The summed E-state index contributed by atoms with van der Waals surface area (Å²) in [4.78, 5) is 34.4. The van der Waals surface area contributed by atoms with Gasteiger partial charge in [0.2, 0.25) is 11.8 Å². The summed E-state index contributed by atoms with van der Waals surface area (Å²) in [6.07, 6.45) is 1.31. The lowest BCUT2D eigenvalue weighted by Crippen LogP contribution is -2.63. The molecular weight excluding hydrogens is 458 g/mol. The van der Waals surface area contributed by atoms with Crippen LogP contribution in [-0.4, -0.2) is 72.7 Å². The molecule has 2 atom stereocenters. The Kier molecular flexibility index (Phi) is 6.62. The lowest BCUT2D eigenvalue weighted by Gasteiger charge is -2.47. The third kappa shape index (κ3) is 4.19. The van der Waals surface area contributed by atoms with Gasteiger partial charge >= 0.3 is 0 Å². The van der Waals surface area contributed by atoms with Gasteiger partial charge in [-0.05, 0) is 49.6 Å². The molecule has 0 unspecified atom stereocenters. The van der Waals surface area contributed by atoms with E-state index in [4.69, 9.17) is 14.2 Å². The van der Waals surface area contributed by atoms with Crippen LogP contribution in [-0.2, 0) is 20.7 Å². The van der Waals surface area contributed by atoms with Crippen molar-refractivity contribution in [1.29, 1.82) is 0 Å². The second-order valence-corrected chi connectivity index (χ2v) is 9.63. The van der Waals surface area contributed by atoms with E-state index in [1.54, 1.807) is 24.0 Å². The summed E-state index contributed by atoms with van der Waals surface area (Å²) in [7, 11) is 3.19. The monoisotopic (exact) mass is 491 g/mol. The number of nitrogens with zero attached hydrogens (tertiary/aromatic N) is 2. The van der Waals surface area contributed by atoms with Crippen molar-refractivity contribution in [3.05, 3.63) is 59.3 Å². The van der Waals surface area contributed by atoms with Crippen LogP contribution >= 0.6 is 0 Å². The Bertz CT molecular complexity index is 1280. The van der Waals surface area contributed by atoms with Crippen LogP contribution in [0.25, 0.3) is 10.9 Å². The quantitative estimate of drug-likeness (QED) is 0.486. The van der Waals surface area contributed by atoms with Crippen molar-refractivity contribution in [1.82, 2.24) is 14.8 Å². The zero-order valence-electron chi connectivity index (χ0n) is 21.2. The number of nitrogens with one attached hydrogen (secondary N) is 1. The van der Waals surface area contributed by atoms with Gasteiger partial charge in [-0.25, -0.2) is 0 Å². The van der Waals surface area contributed by atoms with Gasteiger partial charge in [0.25, 0.3) is 0 Å². The summed E-state index contributed by atoms with van der Waals surface area (Å²) < 4.78 is 16.6. The molecule has 1 N–H and O–H groups in total. The molecule has 3 heterocycles. The van der Waals surface area contributed by atoms with Crippen LogP contribution in [0.1, 0.15) is 43.1 Å². The number of carbonyl (C=O) groups excluding carboxylic acids is 2. The first-order chi connectivity index (χ1) is 17.4. The average molecular weight is 492 g/mol. The SMILES string of the molecule is COc1ccc([C@@H]2c3[nH]c4ccccc4c3C[C@H]3C(=O)N(CCCOC(C)C)CC(=O)N23)cc1OC. The molecule has 1 fully saturated rings. The van der Waals surface area contributed by atoms with E-state index < -0.39 is 12.1 Å². The molecule has 2 aliphatic heterocycles. The van der Waals surface area contributed by atoms with Gasteiger partial charge in [0.15, 0.2) is 11.5 Å². The number of amides is 2. The van der Waals surface area contributed by atoms with Gasteiger partial charge in [-0.15, -0.1) is 0 Å². The highest BCUT2D eigenvalue weighted by Crippen LogP contribution is 2.44. The normalized spacial score (nSPS) is 19.6. The summed E-state index contributed by atoms with van der Waals surface area (Å²) in [5, 5.41) is 1.08. The van der Waals surface area contributed by atoms with Gasteiger partial charge in [0.1, 0.15) is 6.04 Å². The molecule has 5 rings (SSSR count). The fourth-order valence-electron chi connectivity index (χ4n) is 5.46. The molecule has 8 heteroatoms. The Morgan fingerprint density at radius 2 is 1.83 bits per heavy atom. The number of piperazine rings is 1. The number of para-hydroxylation sites is 1. The summed E-state index contributed by atoms with van der Waals surface area (Å²) in [5.74, 6) is 1.12. The zero-order valence-corrected chi connectivity index (χ0v) is 21.2. The predicted octanol–water partition coefficient (Wildman–Crippen LogP) is 3.69. The van der Waals surface area contributed by atoms with E-state index in [1.165, 1.54) is 0 Å². The van der Waals surface area contributed by atoms with E-state index in [1.807, 2.05) is 50.2 Å². The summed E-state index contributed by atoms with van der Waals surface area (Å²) >= 11 is 0. The van der Waals surface area contributed by atoms with Gasteiger partial charge < -0.3 is 29.0 Å².